The SMILES string of the molecule is Cc1cccc(NC(=O)c2ccc(NS(=O)(=O)c3ccccc3)c(Cl)c2)c1. The van der Waals surface area contributed by atoms with Crippen molar-refractivity contribution < 1.29 is 13.2 Å². The molecule has 0 aliphatic rings. The molecule has 0 spiro atoms. The number of rotatable bonds is 5. The monoisotopic (exact) mass is 400 g/mol. The third-order valence-electron chi connectivity index (χ3n) is 3.81. The van der Waals surface area contributed by atoms with Gasteiger partial charge in [0.2, 0.25) is 0 Å². The number of hydrogen-bond acceptors (Lipinski definition) is 3. The third-order valence-corrected chi connectivity index (χ3v) is 5.50. The molecule has 0 saturated carbocycles. The van der Waals surface area contributed by atoms with Gasteiger partial charge in [0.05, 0.1) is 15.6 Å². The number of halogens is 1. The van der Waals surface area contributed by atoms with Gasteiger partial charge in [0, 0.05) is 11.3 Å². The van der Waals surface area contributed by atoms with Crippen molar-refractivity contribution in [1.82, 2.24) is 0 Å². The molecule has 0 bridgehead atoms. The maximum atomic E-state index is 12.4. The lowest BCUT2D eigenvalue weighted by Crippen LogP contribution is -2.14. The van der Waals surface area contributed by atoms with Gasteiger partial charge in [-0.1, -0.05) is 41.9 Å². The molecular formula is C20H17ClN2O3S. The quantitative estimate of drug-likeness (QED) is 0.651. The number of anilines is 2. The van der Waals surface area contributed by atoms with Crippen LogP contribution in [0.15, 0.2) is 77.7 Å². The fourth-order valence-corrected chi connectivity index (χ4v) is 3.85. The first kappa shape index (κ1) is 18.9. The standard InChI is InChI=1S/C20H17ClN2O3S/c1-14-6-5-7-16(12-14)22-20(24)15-10-11-19(18(21)13-15)23-27(25,26)17-8-3-2-4-9-17/h2-13,23H,1H3,(H,22,24). The summed E-state index contributed by atoms with van der Waals surface area (Å²) in [7, 11) is -3.76. The highest BCUT2D eigenvalue weighted by molar-refractivity contribution is 7.92. The van der Waals surface area contributed by atoms with Crippen LogP contribution in [0.4, 0.5) is 11.4 Å². The number of aryl methyl sites for hydroxylation is 1. The first-order chi connectivity index (χ1) is 12.8. The summed E-state index contributed by atoms with van der Waals surface area (Å²) in [6, 6.07) is 19.8. The normalized spacial score (nSPS) is 11.0. The predicted octanol–water partition coefficient (Wildman–Crippen LogP) is 4.70. The Morgan fingerprint density at radius 1 is 0.926 bits per heavy atom. The van der Waals surface area contributed by atoms with E-state index in [9.17, 15) is 13.2 Å². The molecule has 0 atom stereocenters. The van der Waals surface area contributed by atoms with Crippen LogP contribution in [0.1, 0.15) is 15.9 Å². The van der Waals surface area contributed by atoms with E-state index in [0.717, 1.165) is 5.56 Å². The Hall–Kier alpha value is -2.83. The Morgan fingerprint density at radius 2 is 1.67 bits per heavy atom. The van der Waals surface area contributed by atoms with Crippen molar-refractivity contribution in [3.63, 3.8) is 0 Å². The molecule has 0 aromatic heterocycles. The molecule has 0 heterocycles. The van der Waals surface area contributed by atoms with Crippen LogP contribution in [0, 0.1) is 6.92 Å². The number of amides is 1. The molecule has 0 aliphatic heterocycles. The van der Waals surface area contributed by atoms with E-state index in [1.165, 1.54) is 30.3 Å². The number of nitrogens with one attached hydrogen (secondary N) is 2. The molecular weight excluding hydrogens is 384 g/mol. The van der Waals surface area contributed by atoms with Crippen molar-refractivity contribution >= 4 is 38.9 Å². The zero-order chi connectivity index (χ0) is 19.4. The van der Waals surface area contributed by atoms with Gasteiger partial charge in [-0.2, -0.15) is 0 Å². The van der Waals surface area contributed by atoms with Gasteiger partial charge in [-0.15, -0.1) is 0 Å². The van der Waals surface area contributed by atoms with Crippen LogP contribution in [0.5, 0.6) is 0 Å². The summed E-state index contributed by atoms with van der Waals surface area (Å²) >= 11 is 6.19. The number of hydrogen-bond donors (Lipinski definition) is 2. The van der Waals surface area contributed by atoms with Gasteiger partial charge in [-0.05, 0) is 55.0 Å². The zero-order valence-corrected chi connectivity index (χ0v) is 16.0. The van der Waals surface area contributed by atoms with Crippen LogP contribution in [0.3, 0.4) is 0 Å². The molecule has 1 amide bonds. The molecule has 3 aromatic carbocycles. The Kier molecular flexibility index (Phi) is 5.48. The van der Waals surface area contributed by atoms with Gasteiger partial charge in [0.15, 0.2) is 0 Å². The molecule has 138 valence electrons. The summed E-state index contributed by atoms with van der Waals surface area (Å²) < 4.78 is 27.2. The van der Waals surface area contributed by atoms with E-state index in [-0.39, 0.29) is 21.5 Å². The van der Waals surface area contributed by atoms with Crippen LogP contribution in [-0.4, -0.2) is 14.3 Å². The van der Waals surface area contributed by atoms with Crippen molar-refractivity contribution in [3.05, 3.63) is 88.9 Å². The van der Waals surface area contributed by atoms with E-state index in [1.807, 2.05) is 25.1 Å². The first-order valence-corrected chi connectivity index (χ1v) is 9.97. The Morgan fingerprint density at radius 3 is 2.33 bits per heavy atom. The summed E-state index contributed by atoms with van der Waals surface area (Å²) in [6.07, 6.45) is 0. The van der Waals surface area contributed by atoms with E-state index in [4.69, 9.17) is 11.6 Å². The molecule has 0 radical (unpaired) electrons. The minimum atomic E-state index is -3.76. The lowest BCUT2D eigenvalue weighted by Gasteiger charge is -2.11. The second kappa shape index (κ2) is 7.82. The maximum absolute atomic E-state index is 12.4. The van der Waals surface area contributed by atoms with Crippen LogP contribution in [0.25, 0.3) is 0 Å². The summed E-state index contributed by atoms with van der Waals surface area (Å²) in [5, 5.41) is 2.91. The number of carbonyl (C=O) groups is 1. The molecule has 27 heavy (non-hydrogen) atoms. The summed E-state index contributed by atoms with van der Waals surface area (Å²) in [5.41, 5.74) is 2.22. The molecule has 5 nitrogen and oxygen atoms in total. The smallest absolute Gasteiger partial charge is 0.261 e. The Bertz CT molecular complexity index is 1080. The number of benzene rings is 3. The average molecular weight is 401 g/mol. The second-order valence-electron chi connectivity index (χ2n) is 5.94. The highest BCUT2D eigenvalue weighted by atomic mass is 35.5. The van der Waals surface area contributed by atoms with Crippen LogP contribution < -0.4 is 10.0 Å². The van der Waals surface area contributed by atoms with Crippen molar-refractivity contribution in [2.45, 2.75) is 11.8 Å². The molecule has 0 aliphatic carbocycles. The second-order valence-corrected chi connectivity index (χ2v) is 8.03. The average Bonchev–Trinajstić information content (AvgIpc) is 2.64. The van der Waals surface area contributed by atoms with Crippen LogP contribution in [0.2, 0.25) is 5.02 Å². The minimum absolute atomic E-state index is 0.127. The minimum Gasteiger partial charge on any atom is -0.322 e. The lowest BCUT2D eigenvalue weighted by molar-refractivity contribution is 0.102. The summed E-state index contributed by atoms with van der Waals surface area (Å²) in [4.78, 5) is 12.5. The fourth-order valence-electron chi connectivity index (χ4n) is 2.47. The molecule has 3 aromatic rings. The van der Waals surface area contributed by atoms with Crippen molar-refractivity contribution in [3.8, 4) is 0 Å². The van der Waals surface area contributed by atoms with E-state index >= 15 is 0 Å². The number of carbonyl (C=O) groups excluding carboxylic acids is 1. The number of sulfonamides is 1. The molecule has 2 N–H and O–H groups in total. The van der Waals surface area contributed by atoms with E-state index in [2.05, 4.69) is 10.0 Å². The van der Waals surface area contributed by atoms with Crippen LogP contribution in [-0.2, 0) is 10.0 Å². The predicted molar refractivity (Wildman–Crippen MR) is 108 cm³/mol. The van der Waals surface area contributed by atoms with Crippen molar-refractivity contribution in [2.75, 3.05) is 10.0 Å². The Balaban J connectivity index is 1.78. The molecule has 0 fully saturated rings. The van der Waals surface area contributed by atoms with Crippen molar-refractivity contribution in [1.29, 1.82) is 0 Å². The molecule has 3 rings (SSSR count). The van der Waals surface area contributed by atoms with E-state index < -0.39 is 10.0 Å². The summed E-state index contributed by atoms with van der Waals surface area (Å²) in [6.45, 7) is 1.93. The van der Waals surface area contributed by atoms with Crippen LogP contribution >= 0.6 is 11.6 Å². The highest BCUT2D eigenvalue weighted by Gasteiger charge is 2.16. The topological polar surface area (TPSA) is 75.3 Å². The van der Waals surface area contributed by atoms with E-state index in [0.29, 0.717) is 11.3 Å². The van der Waals surface area contributed by atoms with Gasteiger partial charge < -0.3 is 5.32 Å². The van der Waals surface area contributed by atoms with Gasteiger partial charge in [-0.3, -0.25) is 9.52 Å². The third kappa shape index (κ3) is 4.67. The Labute approximate surface area is 163 Å². The maximum Gasteiger partial charge on any atom is 0.261 e. The zero-order valence-electron chi connectivity index (χ0n) is 14.4. The highest BCUT2D eigenvalue weighted by Crippen LogP contribution is 2.26. The van der Waals surface area contributed by atoms with E-state index in [1.54, 1.807) is 24.3 Å². The summed E-state index contributed by atoms with van der Waals surface area (Å²) in [5.74, 6) is -0.333. The van der Waals surface area contributed by atoms with Gasteiger partial charge >= 0.3 is 0 Å². The molecule has 7 heteroatoms. The first-order valence-electron chi connectivity index (χ1n) is 8.10. The molecule has 0 unspecified atom stereocenters. The van der Waals surface area contributed by atoms with Gasteiger partial charge in [-0.25, -0.2) is 8.42 Å². The largest absolute Gasteiger partial charge is 0.322 e. The van der Waals surface area contributed by atoms with Gasteiger partial charge in [0.25, 0.3) is 15.9 Å². The lowest BCUT2D eigenvalue weighted by atomic mass is 10.1. The molecule has 0 saturated heterocycles. The fraction of sp³-hybridized carbons (Fsp3) is 0.0500. The van der Waals surface area contributed by atoms with Crippen molar-refractivity contribution in [2.24, 2.45) is 0 Å². The van der Waals surface area contributed by atoms with Gasteiger partial charge in [0.1, 0.15) is 0 Å².